The van der Waals surface area contributed by atoms with E-state index < -0.39 is 0 Å². The van der Waals surface area contributed by atoms with E-state index in [4.69, 9.17) is 4.42 Å². The molecule has 27 heavy (non-hydrogen) atoms. The Kier molecular flexibility index (Phi) is 4.41. The standard InChI is InChI=1S/C19H16N4O3S/c1-11-3-8-16-13(9-17(25)26-18(16)12(11)2)10-27-19-20-21-22-23(19)14-4-6-15(24)7-5-14/h3-9,24H,10H2,1-2H3. The molecule has 0 aliphatic rings. The molecule has 7 nitrogen and oxygen atoms in total. The molecule has 0 unspecified atom stereocenters. The molecule has 0 atom stereocenters. The topological polar surface area (TPSA) is 94.0 Å². The van der Waals surface area contributed by atoms with Crippen molar-refractivity contribution in [1.29, 1.82) is 0 Å². The molecular weight excluding hydrogens is 364 g/mol. The van der Waals surface area contributed by atoms with Crippen LogP contribution in [0.25, 0.3) is 16.7 Å². The van der Waals surface area contributed by atoms with Gasteiger partial charge in [-0.1, -0.05) is 23.9 Å². The molecule has 0 aliphatic carbocycles. The van der Waals surface area contributed by atoms with E-state index in [0.29, 0.717) is 16.5 Å². The van der Waals surface area contributed by atoms with E-state index in [-0.39, 0.29) is 11.4 Å². The van der Waals surface area contributed by atoms with Gasteiger partial charge in [-0.05, 0) is 65.2 Å². The zero-order valence-corrected chi connectivity index (χ0v) is 15.5. The van der Waals surface area contributed by atoms with Gasteiger partial charge in [0.25, 0.3) is 0 Å². The fourth-order valence-corrected chi connectivity index (χ4v) is 3.69. The van der Waals surface area contributed by atoms with Crippen molar-refractivity contribution < 1.29 is 9.52 Å². The van der Waals surface area contributed by atoms with E-state index in [9.17, 15) is 9.90 Å². The van der Waals surface area contributed by atoms with Crippen LogP contribution in [-0.4, -0.2) is 25.3 Å². The predicted octanol–water partition coefficient (Wildman–Crippen LogP) is 3.38. The van der Waals surface area contributed by atoms with Crippen molar-refractivity contribution in [2.75, 3.05) is 0 Å². The van der Waals surface area contributed by atoms with Crippen LogP contribution in [0.4, 0.5) is 0 Å². The summed E-state index contributed by atoms with van der Waals surface area (Å²) in [5, 5.41) is 22.7. The van der Waals surface area contributed by atoms with Crippen LogP contribution in [0, 0.1) is 13.8 Å². The molecule has 4 rings (SSSR count). The third-order valence-electron chi connectivity index (χ3n) is 4.41. The van der Waals surface area contributed by atoms with Gasteiger partial charge in [-0.2, -0.15) is 4.68 Å². The number of hydrogen-bond acceptors (Lipinski definition) is 7. The van der Waals surface area contributed by atoms with Gasteiger partial charge in [-0.25, -0.2) is 4.79 Å². The van der Waals surface area contributed by atoms with Crippen LogP contribution in [0.2, 0.25) is 0 Å². The first kappa shape index (κ1) is 17.3. The molecule has 2 aromatic heterocycles. The van der Waals surface area contributed by atoms with Crippen molar-refractivity contribution >= 4 is 22.7 Å². The van der Waals surface area contributed by atoms with Crippen LogP contribution in [0.3, 0.4) is 0 Å². The van der Waals surface area contributed by atoms with Crippen molar-refractivity contribution in [1.82, 2.24) is 20.2 Å². The Hall–Kier alpha value is -3.13. The third-order valence-corrected chi connectivity index (χ3v) is 5.38. The summed E-state index contributed by atoms with van der Waals surface area (Å²) in [6.07, 6.45) is 0. The highest BCUT2D eigenvalue weighted by molar-refractivity contribution is 7.98. The number of hydrogen-bond donors (Lipinski definition) is 1. The van der Waals surface area contributed by atoms with Crippen molar-refractivity contribution in [3.63, 3.8) is 0 Å². The monoisotopic (exact) mass is 380 g/mol. The van der Waals surface area contributed by atoms with Crippen molar-refractivity contribution in [2.45, 2.75) is 24.8 Å². The van der Waals surface area contributed by atoms with Crippen LogP contribution in [0.15, 0.2) is 56.8 Å². The van der Waals surface area contributed by atoms with Gasteiger partial charge in [0.1, 0.15) is 11.3 Å². The summed E-state index contributed by atoms with van der Waals surface area (Å²) in [7, 11) is 0. The highest BCUT2D eigenvalue weighted by Crippen LogP contribution is 2.28. The Labute approximate surface area is 158 Å². The molecule has 0 radical (unpaired) electrons. The van der Waals surface area contributed by atoms with E-state index in [0.717, 1.165) is 27.8 Å². The lowest BCUT2D eigenvalue weighted by molar-refractivity contribution is 0.475. The molecule has 0 saturated heterocycles. The molecule has 0 amide bonds. The highest BCUT2D eigenvalue weighted by Gasteiger charge is 2.13. The van der Waals surface area contributed by atoms with Crippen LogP contribution in [-0.2, 0) is 5.75 Å². The Morgan fingerprint density at radius 2 is 1.93 bits per heavy atom. The molecule has 0 spiro atoms. The molecule has 0 fully saturated rings. The number of thioether (sulfide) groups is 1. The molecule has 0 aliphatic heterocycles. The molecule has 2 heterocycles. The summed E-state index contributed by atoms with van der Waals surface area (Å²) in [5.41, 5.74) is 3.90. The van der Waals surface area contributed by atoms with Crippen LogP contribution in [0.1, 0.15) is 16.7 Å². The Bertz CT molecular complexity index is 1180. The minimum atomic E-state index is -0.370. The number of rotatable bonds is 4. The number of aryl methyl sites for hydroxylation is 2. The zero-order valence-electron chi connectivity index (χ0n) is 14.7. The first-order valence-corrected chi connectivity index (χ1v) is 9.25. The minimum Gasteiger partial charge on any atom is -0.508 e. The second-order valence-electron chi connectivity index (χ2n) is 6.15. The van der Waals surface area contributed by atoms with Gasteiger partial charge in [-0.3, -0.25) is 0 Å². The summed E-state index contributed by atoms with van der Waals surface area (Å²) in [5.74, 6) is 0.692. The van der Waals surface area contributed by atoms with E-state index in [1.54, 1.807) is 28.9 Å². The fourth-order valence-electron chi connectivity index (χ4n) is 2.81. The number of nitrogens with zero attached hydrogens (tertiary/aromatic N) is 4. The molecule has 0 saturated carbocycles. The summed E-state index contributed by atoms with van der Waals surface area (Å²) < 4.78 is 7.01. The van der Waals surface area contributed by atoms with E-state index in [1.165, 1.54) is 17.8 Å². The molecule has 1 N–H and O–H groups in total. The molecule has 136 valence electrons. The normalized spacial score (nSPS) is 11.2. The predicted molar refractivity (Wildman–Crippen MR) is 102 cm³/mol. The minimum absolute atomic E-state index is 0.175. The highest BCUT2D eigenvalue weighted by atomic mass is 32.2. The van der Waals surface area contributed by atoms with Crippen LogP contribution < -0.4 is 5.63 Å². The van der Waals surface area contributed by atoms with Crippen LogP contribution >= 0.6 is 11.8 Å². The second kappa shape index (κ2) is 6.88. The number of aromatic nitrogens is 4. The lowest BCUT2D eigenvalue weighted by Crippen LogP contribution is -2.02. The SMILES string of the molecule is Cc1ccc2c(CSc3nnnn3-c3ccc(O)cc3)cc(=O)oc2c1C. The second-order valence-corrected chi connectivity index (χ2v) is 7.10. The van der Waals surface area contributed by atoms with Gasteiger partial charge in [-0.15, -0.1) is 5.10 Å². The Balaban J connectivity index is 1.67. The molecular formula is C19H16N4O3S. The number of phenols is 1. The average molecular weight is 380 g/mol. The van der Waals surface area contributed by atoms with Gasteiger partial charge in [0.05, 0.1) is 5.69 Å². The summed E-state index contributed by atoms with van der Waals surface area (Å²) >= 11 is 1.42. The summed E-state index contributed by atoms with van der Waals surface area (Å²) in [6.45, 7) is 3.94. The summed E-state index contributed by atoms with van der Waals surface area (Å²) in [4.78, 5) is 12.0. The van der Waals surface area contributed by atoms with Gasteiger partial charge < -0.3 is 9.52 Å². The molecule has 8 heteroatoms. The lowest BCUT2D eigenvalue weighted by Gasteiger charge is -2.09. The van der Waals surface area contributed by atoms with Gasteiger partial charge in [0.15, 0.2) is 0 Å². The average Bonchev–Trinajstić information content (AvgIpc) is 3.12. The number of tetrazole rings is 1. The maximum atomic E-state index is 12.0. The lowest BCUT2D eigenvalue weighted by atomic mass is 10.0. The third kappa shape index (κ3) is 3.31. The first-order valence-electron chi connectivity index (χ1n) is 8.26. The number of benzene rings is 2. The maximum absolute atomic E-state index is 12.0. The van der Waals surface area contributed by atoms with Crippen LogP contribution in [0.5, 0.6) is 5.75 Å². The van der Waals surface area contributed by atoms with Gasteiger partial charge in [0.2, 0.25) is 5.16 Å². The van der Waals surface area contributed by atoms with E-state index >= 15 is 0 Å². The Morgan fingerprint density at radius 1 is 1.15 bits per heavy atom. The summed E-state index contributed by atoms with van der Waals surface area (Å²) in [6, 6.07) is 12.1. The largest absolute Gasteiger partial charge is 0.508 e. The van der Waals surface area contributed by atoms with Crippen molar-refractivity contribution in [3.05, 3.63) is 69.6 Å². The van der Waals surface area contributed by atoms with E-state index in [1.807, 2.05) is 26.0 Å². The number of phenolic OH excluding ortho intramolecular Hbond substituents is 1. The quantitative estimate of drug-likeness (QED) is 0.428. The van der Waals surface area contributed by atoms with Gasteiger partial charge >= 0.3 is 5.63 Å². The van der Waals surface area contributed by atoms with Crippen molar-refractivity contribution in [3.8, 4) is 11.4 Å². The van der Waals surface area contributed by atoms with Crippen molar-refractivity contribution in [2.24, 2.45) is 0 Å². The number of aromatic hydroxyl groups is 1. The smallest absolute Gasteiger partial charge is 0.336 e. The van der Waals surface area contributed by atoms with Gasteiger partial charge in [0, 0.05) is 17.2 Å². The van der Waals surface area contributed by atoms with E-state index in [2.05, 4.69) is 15.5 Å². The zero-order chi connectivity index (χ0) is 19.0. The molecule has 2 aromatic carbocycles. The first-order chi connectivity index (χ1) is 13.0. The fraction of sp³-hybridized carbons (Fsp3) is 0.158. The molecule has 0 bridgehead atoms. The molecule has 4 aromatic rings. The number of fused-ring (bicyclic) bond motifs is 1. The maximum Gasteiger partial charge on any atom is 0.336 e. The Morgan fingerprint density at radius 3 is 2.70 bits per heavy atom.